The molecule has 0 saturated carbocycles. The molecule has 14 rings (SSSR count). The highest BCUT2D eigenvalue weighted by Gasteiger charge is 2.31. The molecule has 71 heavy (non-hydrogen) atoms. The Kier molecular flexibility index (Phi) is 10.2. The lowest BCUT2D eigenvalue weighted by atomic mass is 9.85. The van der Waals surface area contributed by atoms with Gasteiger partial charge in [-0.25, -0.2) is 9.97 Å². The molecule has 0 radical (unpaired) electrons. The van der Waals surface area contributed by atoms with Crippen molar-refractivity contribution in [3.63, 3.8) is 0 Å². The third-order valence-electron chi connectivity index (χ3n) is 14.0. The van der Waals surface area contributed by atoms with Crippen molar-refractivity contribution in [2.24, 2.45) is 0 Å². The van der Waals surface area contributed by atoms with Gasteiger partial charge in [0.05, 0.1) is 67.8 Å². The molecule has 0 amide bonds. The number of hydrogen-bond donors (Lipinski definition) is 0. The summed E-state index contributed by atoms with van der Waals surface area (Å²) in [6, 6.07) is 74.9. The Morgan fingerprint density at radius 2 is 0.859 bits per heavy atom. The summed E-state index contributed by atoms with van der Waals surface area (Å²) < 4.78 is 5.74. The van der Waals surface area contributed by atoms with Crippen LogP contribution in [0.3, 0.4) is 0 Å². The van der Waals surface area contributed by atoms with E-state index in [9.17, 15) is 5.26 Å². The van der Waals surface area contributed by atoms with Crippen LogP contribution in [0.5, 0.6) is 0 Å². The van der Waals surface area contributed by atoms with E-state index in [-0.39, 0.29) is 0 Å². The van der Waals surface area contributed by atoms with Crippen molar-refractivity contribution in [3.05, 3.63) is 228 Å². The molecule has 0 unspecified atom stereocenters. The summed E-state index contributed by atoms with van der Waals surface area (Å²) in [6.45, 7) is 4.34. The number of nitrogens with zero attached hydrogens (tertiary/aromatic N) is 7. The first kappa shape index (κ1) is 42.3. The maximum atomic E-state index is 9.44. The molecular formula is C63H44BrN7. The fourth-order valence-electron chi connectivity index (χ4n) is 11.0. The summed E-state index contributed by atoms with van der Waals surface area (Å²) in [5.41, 5.74) is 18.9. The van der Waals surface area contributed by atoms with Crippen molar-refractivity contribution in [2.45, 2.75) is 26.7 Å². The molecule has 2 aliphatic heterocycles. The molecule has 0 atom stereocenters. The minimum Gasteiger partial charge on any atom is -0.306 e. The summed E-state index contributed by atoms with van der Waals surface area (Å²) in [7, 11) is 0. The Balaban J connectivity index is 0.000000165. The van der Waals surface area contributed by atoms with Crippen LogP contribution in [0.1, 0.15) is 31.1 Å². The molecule has 8 heteroatoms. The quantitative estimate of drug-likeness (QED) is 0.155. The van der Waals surface area contributed by atoms with Crippen LogP contribution in [0.4, 0.5) is 34.1 Å². The molecule has 0 aliphatic carbocycles. The average Bonchev–Trinajstić information content (AvgIpc) is 4.01. The van der Waals surface area contributed by atoms with Gasteiger partial charge in [0.2, 0.25) is 0 Å². The number of aryl methyl sites for hydroxylation is 2. The second kappa shape index (κ2) is 17.0. The van der Waals surface area contributed by atoms with Crippen LogP contribution in [0.2, 0.25) is 0 Å². The maximum Gasteiger partial charge on any atom is 0.114 e. The Labute approximate surface area is 419 Å². The van der Waals surface area contributed by atoms with Crippen molar-refractivity contribution in [1.29, 1.82) is 5.26 Å². The van der Waals surface area contributed by atoms with Crippen molar-refractivity contribution in [2.75, 3.05) is 9.80 Å². The van der Waals surface area contributed by atoms with E-state index in [1.807, 2.05) is 12.1 Å². The van der Waals surface area contributed by atoms with E-state index < -0.39 is 0 Å². The molecule has 0 bridgehead atoms. The molecule has 338 valence electrons. The SMILES string of the molecule is CCc1nc2cccc3c2n1-c1ccc(-c2c4ccccc4c(-c4ccc(C#N)cc4)c4ccccc24)cc1N3c1ccccc1.CCc1nc2cccc3c2n1-c1ccc(Br)cc1N3c1ccccc1. The largest absolute Gasteiger partial charge is 0.306 e. The molecule has 7 nitrogen and oxygen atoms in total. The van der Waals surface area contributed by atoms with Crippen LogP contribution in [0, 0.1) is 11.3 Å². The first-order chi connectivity index (χ1) is 35.0. The van der Waals surface area contributed by atoms with Gasteiger partial charge < -0.3 is 9.80 Å². The van der Waals surface area contributed by atoms with E-state index in [0.717, 1.165) is 90.8 Å². The third-order valence-corrected chi connectivity index (χ3v) is 14.5. The van der Waals surface area contributed by atoms with Gasteiger partial charge in [0.25, 0.3) is 0 Å². The predicted octanol–water partition coefficient (Wildman–Crippen LogP) is 17.0. The topological polar surface area (TPSA) is 65.9 Å². The first-order valence-electron chi connectivity index (χ1n) is 24.1. The fraction of sp³-hybridized carbons (Fsp3) is 0.0635. The molecule has 0 spiro atoms. The lowest BCUT2D eigenvalue weighted by Gasteiger charge is -2.33. The molecule has 0 N–H and O–H groups in total. The van der Waals surface area contributed by atoms with Crippen LogP contribution in [-0.4, -0.2) is 19.1 Å². The number of rotatable bonds is 6. The Morgan fingerprint density at radius 1 is 0.423 bits per heavy atom. The van der Waals surface area contributed by atoms with Crippen LogP contribution >= 0.6 is 15.9 Å². The molecule has 10 aromatic carbocycles. The molecule has 2 aromatic heterocycles. The highest BCUT2D eigenvalue weighted by Crippen LogP contribution is 2.51. The van der Waals surface area contributed by atoms with E-state index >= 15 is 0 Å². The number of nitriles is 1. The van der Waals surface area contributed by atoms with E-state index in [4.69, 9.17) is 9.97 Å². The van der Waals surface area contributed by atoms with Gasteiger partial charge in [-0.2, -0.15) is 5.26 Å². The average molecular weight is 979 g/mol. The van der Waals surface area contributed by atoms with Gasteiger partial charge in [0.1, 0.15) is 11.6 Å². The van der Waals surface area contributed by atoms with Gasteiger partial charge in [-0.3, -0.25) is 9.13 Å². The van der Waals surface area contributed by atoms with Crippen molar-refractivity contribution in [3.8, 4) is 39.7 Å². The number of aromatic nitrogens is 4. The normalized spacial score (nSPS) is 12.2. The first-order valence-corrected chi connectivity index (χ1v) is 24.9. The summed E-state index contributed by atoms with van der Waals surface area (Å²) in [5.74, 6) is 2.16. The van der Waals surface area contributed by atoms with Gasteiger partial charge in [-0.05, 0) is 135 Å². The van der Waals surface area contributed by atoms with Crippen LogP contribution in [0.15, 0.2) is 211 Å². The standard InChI is InChI=1S/C42H28N4.C21H16BrN3/c1-2-39-44-35-17-10-18-37-42(35)46(39)36-24-23-29(25-38(36)45(37)30-11-4-3-5-12-30)41-33-15-8-6-13-31(33)40(32-14-7-9-16-34(32)41)28-21-19-27(26-43)20-22-28;1-2-20-23-16-9-6-10-18-21(16)25(20)17-12-11-14(22)13-19(17)24(18)15-7-4-3-5-8-15/h3-25H,2H2,1H3;3-13H,2H2,1H3. The molecule has 0 fully saturated rings. The molecule has 0 saturated heterocycles. The van der Waals surface area contributed by atoms with E-state index in [2.05, 4.69) is 249 Å². The number of halogens is 1. The summed E-state index contributed by atoms with van der Waals surface area (Å²) >= 11 is 3.64. The van der Waals surface area contributed by atoms with Crippen LogP contribution in [-0.2, 0) is 12.8 Å². The second-order valence-electron chi connectivity index (χ2n) is 17.9. The monoisotopic (exact) mass is 977 g/mol. The van der Waals surface area contributed by atoms with Crippen LogP contribution in [0.25, 0.3) is 77.2 Å². The second-order valence-corrected chi connectivity index (χ2v) is 18.8. The number of fused-ring (bicyclic) bond motifs is 6. The molecule has 2 aliphatic rings. The number of anilines is 6. The van der Waals surface area contributed by atoms with E-state index in [1.165, 1.54) is 49.6 Å². The summed E-state index contributed by atoms with van der Waals surface area (Å²) in [5, 5.41) is 14.2. The number of hydrogen-bond acceptors (Lipinski definition) is 5. The molecular weight excluding hydrogens is 935 g/mol. The zero-order valence-corrected chi connectivity index (χ0v) is 40.6. The van der Waals surface area contributed by atoms with Gasteiger partial charge in [-0.1, -0.05) is 145 Å². The third kappa shape index (κ3) is 6.69. The van der Waals surface area contributed by atoms with E-state index in [0.29, 0.717) is 5.56 Å². The summed E-state index contributed by atoms with van der Waals surface area (Å²) in [6.07, 6.45) is 1.74. The lowest BCUT2D eigenvalue weighted by Crippen LogP contribution is -2.19. The zero-order chi connectivity index (χ0) is 47.7. The smallest absolute Gasteiger partial charge is 0.114 e. The van der Waals surface area contributed by atoms with Crippen LogP contribution < -0.4 is 9.80 Å². The van der Waals surface area contributed by atoms with Gasteiger partial charge in [-0.15, -0.1) is 0 Å². The van der Waals surface area contributed by atoms with Gasteiger partial charge in [0, 0.05) is 28.7 Å². The van der Waals surface area contributed by atoms with Gasteiger partial charge >= 0.3 is 0 Å². The Hall–Kier alpha value is -8.77. The Bertz CT molecular complexity index is 4050. The fourth-order valence-corrected chi connectivity index (χ4v) is 11.4. The molecule has 4 heterocycles. The number of imidazole rings is 2. The molecule has 12 aromatic rings. The predicted molar refractivity (Wildman–Crippen MR) is 296 cm³/mol. The highest BCUT2D eigenvalue weighted by molar-refractivity contribution is 9.10. The van der Waals surface area contributed by atoms with Crippen molar-refractivity contribution in [1.82, 2.24) is 19.1 Å². The highest BCUT2D eigenvalue weighted by atomic mass is 79.9. The number of benzene rings is 10. The number of para-hydroxylation sites is 4. The summed E-state index contributed by atoms with van der Waals surface area (Å²) in [4.78, 5) is 14.6. The Morgan fingerprint density at radius 3 is 1.34 bits per heavy atom. The zero-order valence-electron chi connectivity index (χ0n) is 39.1. The minimum atomic E-state index is 0.661. The maximum absolute atomic E-state index is 9.44. The minimum absolute atomic E-state index is 0.661. The van der Waals surface area contributed by atoms with Gasteiger partial charge in [0.15, 0.2) is 0 Å². The van der Waals surface area contributed by atoms with Crippen molar-refractivity contribution >= 4 is 93.7 Å². The lowest BCUT2D eigenvalue weighted by molar-refractivity contribution is 0.900. The van der Waals surface area contributed by atoms with Crippen molar-refractivity contribution < 1.29 is 0 Å². The van der Waals surface area contributed by atoms with E-state index in [1.54, 1.807) is 0 Å².